The van der Waals surface area contributed by atoms with Crippen LogP contribution in [0.5, 0.6) is 0 Å². The van der Waals surface area contributed by atoms with Crippen LogP contribution in [-0.4, -0.2) is 16.9 Å². The largest absolute Gasteiger partial charge is 0.376 e. The summed E-state index contributed by atoms with van der Waals surface area (Å²) in [6, 6.07) is 4.09. The van der Waals surface area contributed by atoms with Crippen LogP contribution in [0.2, 0.25) is 0 Å². The molecule has 0 unspecified atom stereocenters. The summed E-state index contributed by atoms with van der Waals surface area (Å²) in [5, 5.41) is 13.6. The van der Waals surface area contributed by atoms with Gasteiger partial charge in [-0.15, -0.1) is 0 Å². The highest BCUT2D eigenvalue weighted by Crippen LogP contribution is 2.40. The zero-order valence-corrected chi connectivity index (χ0v) is 10.2. The van der Waals surface area contributed by atoms with E-state index in [9.17, 15) is 18.9 Å². The van der Waals surface area contributed by atoms with Gasteiger partial charge in [0.2, 0.25) is 0 Å². The average Bonchev–Trinajstić information content (AvgIpc) is 2.17. The van der Waals surface area contributed by atoms with Gasteiger partial charge in [-0.2, -0.15) is 0 Å². The molecule has 1 fully saturated rings. The van der Waals surface area contributed by atoms with Crippen molar-refractivity contribution in [2.24, 2.45) is 0 Å². The van der Waals surface area contributed by atoms with Gasteiger partial charge < -0.3 is 5.32 Å². The number of hydrogen-bond donors (Lipinski definition) is 1. The molecule has 92 valence electrons. The fourth-order valence-electron chi connectivity index (χ4n) is 1.76. The van der Waals surface area contributed by atoms with Crippen molar-refractivity contribution >= 4 is 27.3 Å². The lowest BCUT2D eigenvalue weighted by atomic mass is 9.88. The Labute approximate surface area is 104 Å². The Balaban J connectivity index is 2.13. The van der Waals surface area contributed by atoms with Gasteiger partial charge in [-0.05, 0) is 12.1 Å². The van der Waals surface area contributed by atoms with Gasteiger partial charge in [-0.1, -0.05) is 15.9 Å². The number of nitrogens with zero attached hydrogens (tertiary/aromatic N) is 1. The van der Waals surface area contributed by atoms with Crippen LogP contribution >= 0.6 is 15.9 Å². The summed E-state index contributed by atoms with van der Waals surface area (Å²) >= 11 is 3.13. The lowest BCUT2D eigenvalue weighted by molar-refractivity contribution is -0.384. The number of rotatable bonds is 3. The molecule has 17 heavy (non-hydrogen) atoms. The first-order chi connectivity index (χ1) is 7.87. The molecule has 0 aliphatic heterocycles. The monoisotopic (exact) mass is 306 g/mol. The second-order valence-electron chi connectivity index (χ2n) is 4.02. The molecule has 7 heteroatoms. The summed E-state index contributed by atoms with van der Waals surface area (Å²) in [6.07, 6.45) is -0.555. The third-order valence-electron chi connectivity index (χ3n) is 2.61. The predicted molar refractivity (Wildman–Crippen MR) is 62.4 cm³/mol. The van der Waals surface area contributed by atoms with Gasteiger partial charge in [-0.3, -0.25) is 10.1 Å². The van der Waals surface area contributed by atoms with E-state index >= 15 is 0 Å². The predicted octanol–water partition coefficient (Wildman–Crippen LogP) is 3.57. The molecule has 0 saturated heterocycles. The number of hydrogen-bond acceptors (Lipinski definition) is 3. The third-order valence-corrected chi connectivity index (χ3v) is 3.10. The standard InChI is InChI=1S/C10H9BrF2N2O2/c11-6-1-2-8(9(3-6)15(16)17)14-7-4-10(12,13)5-7/h1-3,7,14H,4-5H2. The van der Waals surface area contributed by atoms with E-state index in [0.717, 1.165) is 0 Å². The lowest BCUT2D eigenvalue weighted by Crippen LogP contribution is -2.44. The number of benzene rings is 1. The molecule has 4 nitrogen and oxygen atoms in total. The first-order valence-corrected chi connectivity index (χ1v) is 5.75. The van der Waals surface area contributed by atoms with Crippen LogP contribution in [0.1, 0.15) is 12.8 Å². The van der Waals surface area contributed by atoms with E-state index in [1.165, 1.54) is 12.1 Å². The Bertz CT molecular complexity index is 460. The van der Waals surface area contributed by atoms with E-state index in [1.54, 1.807) is 6.07 Å². The number of nitro groups is 1. The molecular formula is C10H9BrF2N2O2. The summed E-state index contributed by atoms with van der Waals surface area (Å²) < 4.78 is 25.8. The summed E-state index contributed by atoms with van der Waals surface area (Å²) in [6.45, 7) is 0. The summed E-state index contributed by atoms with van der Waals surface area (Å²) in [7, 11) is 0. The van der Waals surface area contributed by atoms with Crippen LogP contribution in [0.4, 0.5) is 20.2 Å². The van der Waals surface area contributed by atoms with Crippen molar-refractivity contribution in [2.75, 3.05) is 5.32 Å². The Morgan fingerprint density at radius 3 is 2.65 bits per heavy atom. The topological polar surface area (TPSA) is 55.2 Å². The summed E-state index contributed by atoms with van der Waals surface area (Å²) in [5.41, 5.74) is 0.160. The van der Waals surface area contributed by atoms with Crippen molar-refractivity contribution in [2.45, 2.75) is 24.8 Å². The summed E-state index contributed by atoms with van der Waals surface area (Å²) in [5.74, 6) is -2.64. The number of halogens is 3. The molecule has 1 aromatic carbocycles. The highest BCUT2D eigenvalue weighted by atomic mass is 79.9. The SMILES string of the molecule is O=[N+]([O-])c1cc(Br)ccc1NC1CC(F)(F)C1. The molecule has 0 bridgehead atoms. The fraction of sp³-hybridized carbons (Fsp3) is 0.400. The molecule has 0 atom stereocenters. The van der Waals surface area contributed by atoms with Gasteiger partial charge in [0.15, 0.2) is 0 Å². The zero-order valence-electron chi connectivity index (χ0n) is 8.62. The van der Waals surface area contributed by atoms with Crippen LogP contribution in [0.3, 0.4) is 0 Å². The first-order valence-electron chi connectivity index (χ1n) is 4.96. The van der Waals surface area contributed by atoms with E-state index < -0.39 is 16.9 Å². The van der Waals surface area contributed by atoms with Gasteiger partial charge in [-0.25, -0.2) is 8.78 Å². The minimum Gasteiger partial charge on any atom is -0.376 e. The molecule has 2 rings (SSSR count). The Morgan fingerprint density at radius 1 is 1.47 bits per heavy atom. The minimum absolute atomic E-state index is 0.116. The van der Waals surface area contributed by atoms with Crippen LogP contribution < -0.4 is 5.32 Å². The Morgan fingerprint density at radius 2 is 2.12 bits per heavy atom. The number of anilines is 1. The van der Waals surface area contributed by atoms with Crippen molar-refractivity contribution in [3.63, 3.8) is 0 Å². The fourth-order valence-corrected chi connectivity index (χ4v) is 2.11. The number of nitrogens with one attached hydrogen (secondary N) is 1. The van der Waals surface area contributed by atoms with Crippen molar-refractivity contribution in [3.8, 4) is 0 Å². The lowest BCUT2D eigenvalue weighted by Gasteiger charge is -2.35. The maximum absolute atomic E-state index is 12.6. The quantitative estimate of drug-likeness (QED) is 0.686. The van der Waals surface area contributed by atoms with Gasteiger partial charge >= 0.3 is 0 Å². The second-order valence-corrected chi connectivity index (χ2v) is 4.94. The molecular weight excluding hydrogens is 298 g/mol. The Hall–Kier alpha value is -1.24. The van der Waals surface area contributed by atoms with Crippen LogP contribution in [0.25, 0.3) is 0 Å². The Kier molecular flexibility index (Phi) is 3.03. The number of alkyl halides is 2. The van der Waals surface area contributed by atoms with E-state index in [4.69, 9.17) is 0 Å². The van der Waals surface area contributed by atoms with Crippen LogP contribution in [0, 0.1) is 10.1 Å². The molecule has 1 aliphatic carbocycles. The van der Waals surface area contributed by atoms with Crippen molar-refractivity contribution in [3.05, 3.63) is 32.8 Å². The van der Waals surface area contributed by atoms with Crippen molar-refractivity contribution in [1.82, 2.24) is 0 Å². The van der Waals surface area contributed by atoms with Gasteiger partial charge in [0, 0.05) is 29.4 Å². The van der Waals surface area contributed by atoms with Crippen LogP contribution in [-0.2, 0) is 0 Å². The molecule has 0 radical (unpaired) electrons. The number of nitro benzene ring substituents is 1. The molecule has 1 aromatic rings. The van der Waals surface area contributed by atoms with Gasteiger partial charge in [0.1, 0.15) is 5.69 Å². The van der Waals surface area contributed by atoms with E-state index in [2.05, 4.69) is 21.2 Å². The van der Waals surface area contributed by atoms with Gasteiger partial charge in [0.25, 0.3) is 11.6 Å². The smallest absolute Gasteiger partial charge is 0.293 e. The normalized spacial score (nSPS) is 18.5. The van der Waals surface area contributed by atoms with Gasteiger partial charge in [0.05, 0.1) is 4.92 Å². The molecule has 0 spiro atoms. The molecule has 1 saturated carbocycles. The first kappa shape index (κ1) is 12.2. The highest BCUT2D eigenvalue weighted by Gasteiger charge is 2.45. The zero-order chi connectivity index (χ0) is 12.6. The second kappa shape index (κ2) is 4.21. The third kappa shape index (κ3) is 2.71. The maximum atomic E-state index is 12.6. The maximum Gasteiger partial charge on any atom is 0.293 e. The van der Waals surface area contributed by atoms with Crippen molar-refractivity contribution < 1.29 is 13.7 Å². The van der Waals surface area contributed by atoms with Crippen LogP contribution in [0.15, 0.2) is 22.7 Å². The minimum atomic E-state index is -2.64. The van der Waals surface area contributed by atoms with E-state index in [-0.39, 0.29) is 24.2 Å². The average molecular weight is 307 g/mol. The van der Waals surface area contributed by atoms with E-state index in [0.29, 0.717) is 4.47 Å². The van der Waals surface area contributed by atoms with E-state index in [1.807, 2.05) is 0 Å². The molecule has 1 N–H and O–H groups in total. The van der Waals surface area contributed by atoms with Crippen molar-refractivity contribution in [1.29, 1.82) is 0 Å². The molecule has 1 aliphatic rings. The summed E-state index contributed by atoms with van der Waals surface area (Å²) in [4.78, 5) is 10.2. The molecule has 0 aromatic heterocycles. The highest BCUT2D eigenvalue weighted by molar-refractivity contribution is 9.10. The molecule has 0 amide bonds. The molecule has 0 heterocycles.